The minimum atomic E-state index is 0.303. The van der Waals surface area contributed by atoms with Crippen LogP contribution in [0.15, 0.2) is 18.2 Å². The van der Waals surface area contributed by atoms with Crippen LogP contribution in [0.4, 0.5) is 0 Å². The van der Waals surface area contributed by atoms with Gasteiger partial charge in [0.05, 0.1) is 12.7 Å². The molecule has 0 aliphatic carbocycles. The van der Waals surface area contributed by atoms with E-state index in [1.165, 1.54) is 0 Å². The molecular weight excluding hydrogens is 262 g/mol. The summed E-state index contributed by atoms with van der Waals surface area (Å²) in [6, 6.07) is 5.72. The highest BCUT2D eigenvalue weighted by Gasteiger charge is 2.04. The summed E-state index contributed by atoms with van der Waals surface area (Å²) in [7, 11) is 0. The van der Waals surface area contributed by atoms with Gasteiger partial charge in [-0.1, -0.05) is 11.6 Å². The Balaban J connectivity index is 2.33. The molecule has 0 bridgehead atoms. The fourth-order valence-corrected chi connectivity index (χ4v) is 1.92. The largest absolute Gasteiger partial charge is 0.494 e. The number of halogens is 1. The van der Waals surface area contributed by atoms with Crippen LogP contribution in [-0.2, 0) is 11.3 Å². The van der Waals surface area contributed by atoms with Crippen molar-refractivity contribution in [3.05, 3.63) is 28.8 Å². The second-order valence-corrected chi connectivity index (χ2v) is 5.07. The summed E-state index contributed by atoms with van der Waals surface area (Å²) in [5.74, 6) is 0.901. The van der Waals surface area contributed by atoms with Crippen molar-refractivity contribution >= 4 is 11.6 Å². The van der Waals surface area contributed by atoms with Crippen molar-refractivity contribution in [3.8, 4) is 5.75 Å². The van der Waals surface area contributed by atoms with Crippen molar-refractivity contribution < 1.29 is 9.47 Å². The molecule has 108 valence electrons. The van der Waals surface area contributed by atoms with Gasteiger partial charge < -0.3 is 14.8 Å². The molecule has 1 rings (SSSR count). The molecule has 3 nitrogen and oxygen atoms in total. The molecule has 0 aliphatic heterocycles. The maximum absolute atomic E-state index is 6.01. The van der Waals surface area contributed by atoms with E-state index in [-0.39, 0.29) is 0 Å². The number of rotatable bonds is 9. The third-order valence-corrected chi connectivity index (χ3v) is 2.82. The molecule has 0 radical (unpaired) electrons. The minimum Gasteiger partial charge on any atom is -0.494 e. The van der Waals surface area contributed by atoms with Gasteiger partial charge in [0, 0.05) is 23.7 Å². The molecule has 0 amide bonds. The minimum absolute atomic E-state index is 0.303. The number of hydrogen-bond donors (Lipinski definition) is 1. The van der Waals surface area contributed by atoms with Crippen molar-refractivity contribution in [2.45, 2.75) is 39.8 Å². The zero-order valence-electron chi connectivity index (χ0n) is 12.0. The Morgan fingerprint density at radius 3 is 2.79 bits per heavy atom. The molecule has 1 aromatic carbocycles. The molecule has 0 unspecified atom stereocenters. The summed E-state index contributed by atoms with van der Waals surface area (Å²) in [5, 5.41) is 4.12. The third kappa shape index (κ3) is 6.81. The monoisotopic (exact) mass is 285 g/mol. The molecule has 0 saturated carbocycles. The van der Waals surface area contributed by atoms with E-state index in [0.29, 0.717) is 12.7 Å². The lowest BCUT2D eigenvalue weighted by molar-refractivity contribution is 0.0770. The van der Waals surface area contributed by atoms with Crippen LogP contribution in [0.1, 0.15) is 32.8 Å². The van der Waals surface area contributed by atoms with E-state index in [0.717, 1.165) is 42.5 Å². The van der Waals surface area contributed by atoms with Gasteiger partial charge in [-0.25, -0.2) is 0 Å². The Morgan fingerprint density at radius 2 is 2.11 bits per heavy atom. The molecule has 0 spiro atoms. The molecule has 0 aromatic heterocycles. The van der Waals surface area contributed by atoms with Gasteiger partial charge in [-0.15, -0.1) is 0 Å². The first kappa shape index (κ1) is 16.3. The van der Waals surface area contributed by atoms with Crippen LogP contribution in [0.5, 0.6) is 5.75 Å². The van der Waals surface area contributed by atoms with Crippen molar-refractivity contribution in [1.29, 1.82) is 0 Å². The average Bonchev–Trinajstić information content (AvgIpc) is 2.36. The molecule has 0 aliphatic rings. The lowest BCUT2D eigenvalue weighted by atomic mass is 10.2. The predicted octanol–water partition coefficient (Wildman–Crippen LogP) is 3.64. The first-order valence-corrected chi connectivity index (χ1v) is 7.24. The quantitative estimate of drug-likeness (QED) is 0.703. The second kappa shape index (κ2) is 9.18. The van der Waals surface area contributed by atoms with Gasteiger partial charge in [0.25, 0.3) is 0 Å². The van der Waals surface area contributed by atoms with Crippen molar-refractivity contribution in [2.75, 3.05) is 19.8 Å². The Morgan fingerprint density at radius 1 is 1.32 bits per heavy atom. The molecule has 0 atom stereocenters. The van der Waals surface area contributed by atoms with Crippen molar-refractivity contribution in [2.24, 2.45) is 0 Å². The highest BCUT2D eigenvalue weighted by Crippen LogP contribution is 2.22. The van der Waals surface area contributed by atoms with Gasteiger partial charge in [0.2, 0.25) is 0 Å². The summed E-state index contributed by atoms with van der Waals surface area (Å²) in [6.45, 7) is 9.22. The molecule has 0 heterocycles. The summed E-state index contributed by atoms with van der Waals surface area (Å²) < 4.78 is 11.1. The summed E-state index contributed by atoms with van der Waals surface area (Å²) >= 11 is 6.01. The third-order valence-electron chi connectivity index (χ3n) is 2.59. The van der Waals surface area contributed by atoms with E-state index in [1.54, 1.807) is 0 Å². The molecule has 0 fully saturated rings. The lowest BCUT2D eigenvalue weighted by Gasteiger charge is -2.12. The lowest BCUT2D eigenvalue weighted by Crippen LogP contribution is -2.18. The number of hydrogen-bond acceptors (Lipinski definition) is 3. The Kier molecular flexibility index (Phi) is 7.87. The maximum Gasteiger partial charge on any atom is 0.123 e. The van der Waals surface area contributed by atoms with Crippen LogP contribution in [0, 0.1) is 0 Å². The van der Waals surface area contributed by atoms with Crippen molar-refractivity contribution in [3.63, 3.8) is 0 Å². The van der Waals surface area contributed by atoms with E-state index in [4.69, 9.17) is 21.1 Å². The Labute approximate surface area is 121 Å². The van der Waals surface area contributed by atoms with Crippen LogP contribution < -0.4 is 10.1 Å². The second-order valence-electron chi connectivity index (χ2n) is 4.63. The van der Waals surface area contributed by atoms with E-state index in [2.05, 4.69) is 5.32 Å². The summed E-state index contributed by atoms with van der Waals surface area (Å²) in [5.41, 5.74) is 1.10. The molecule has 4 heteroatoms. The molecule has 1 N–H and O–H groups in total. The van der Waals surface area contributed by atoms with Gasteiger partial charge >= 0.3 is 0 Å². The first-order chi connectivity index (χ1) is 9.13. The fourth-order valence-electron chi connectivity index (χ4n) is 1.72. The van der Waals surface area contributed by atoms with Crippen molar-refractivity contribution in [1.82, 2.24) is 5.32 Å². The van der Waals surface area contributed by atoms with Gasteiger partial charge in [0.15, 0.2) is 0 Å². The molecule has 1 aromatic rings. The fraction of sp³-hybridized carbons (Fsp3) is 0.600. The van der Waals surface area contributed by atoms with E-state index >= 15 is 0 Å². The Hall–Kier alpha value is -0.770. The highest BCUT2D eigenvalue weighted by molar-refractivity contribution is 6.30. The summed E-state index contributed by atoms with van der Waals surface area (Å²) in [6.07, 6.45) is 1.31. The zero-order chi connectivity index (χ0) is 14.1. The number of ether oxygens (including phenoxy) is 2. The van der Waals surface area contributed by atoms with Gasteiger partial charge in [-0.3, -0.25) is 0 Å². The standard InChI is InChI=1S/C15H24ClNO2/c1-4-18-15-7-6-14(16)10-13(15)11-17-8-5-9-19-12(2)3/h6-7,10,12,17H,4-5,8-9,11H2,1-3H3. The van der Waals surface area contributed by atoms with Gasteiger partial charge in [0.1, 0.15) is 5.75 Å². The van der Waals surface area contributed by atoms with E-state index < -0.39 is 0 Å². The number of nitrogens with one attached hydrogen (secondary N) is 1. The van der Waals surface area contributed by atoms with Crippen LogP contribution in [0.3, 0.4) is 0 Å². The van der Waals surface area contributed by atoms with E-state index in [9.17, 15) is 0 Å². The molecule has 0 saturated heterocycles. The first-order valence-electron chi connectivity index (χ1n) is 6.87. The van der Waals surface area contributed by atoms with E-state index in [1.807, 2.05) is 39.0 Å². The highest BCUT2D eigenvalue weighted by atomic mass is 35.5. The zero-order valence-corrected chi connectivity index (χ0v) is 12.8. The molecule has 19 heavy (non-hydrogen) atoms. The normalized spacial score (nSPS) is 11.0. The average molecular weight is 286 g/mol. The molecular formula is C15H24ClNO2. The van der Waals surface area contributed by atoms with Crippen LogP contribution in [0.25, 0.3) is 0 Å². The maximum atomic E-state index is 6.01. The SMILES string of the molecule is CCOc1ccc(Cl)cc1CNCCCOC(C)C. The topological polar surface area (TPSA) is 30.5 Å². The Bertz CT molecular complexity index is 369. The van der Waals surface area contributed by atoms with Crippen LogP contribution in [-0.4, -0.2) is 25.9 Å². The predicted molar refractivity (Wildman–Crippen MR) is 80.0 cm³/mol. The van der Waals surface area contributed by atoms with Gasteiger partial charge in [-0.05, 0) is 51.9 Å². The van der Waals surface area contributed by atoms with Gasteiger partial charge in [-0.2, -0.15) is 0 Å². The van der Waals surface area contributed by atoms with Crippen LogP contribution >= 0.6 is 11.6 Å². The number of benzene rings is 1. The van der Waals surface area contributed by atoms with Crippen LogP contribution in [0.2, 0.25) is 5.02 Å². The summed E-state index contributed by atoms with van der Waals surface area (Å²) in [4.78, 5) is 0. The smallest absolute Gasteiger partial charge is 0.123 e.